The number of amides is 3. The summed E-state index contributed by atoms with van der Waals surface area (Å²) in [5, 5.41) is 5.26. The summed E-state index contributed by atoms with van der Waals surface area (Å²) in [4.78, 5) is 37.9. The zero-order chi connectivity index (χ0) is 19.4. The molecule has 0 fully saturated rings. The van der Waals surface area contributed by atoms with Crippen LogP contribution in [0.15, 0.2) is 53.0 Å². The summed E-state index contributed by atoms with van der Waals surface area (Å²) in [7, 11) is 0. The van der Waals surface area contributed by atoms with Gasteiger partial charge in [0.25, 0.3) is 5.91 Å². The van der Waals surface area contributed by atoms with Crippen molar-refractivity contribution < 1.29 is 19.1 Å². The molecule has 2 aromatic carbocycles. The van der Waals surface area contributed by atoms with Gasteiger partial charge < -0.3 is 20.3 Å². The lowest BCUT2D eigenvalue weighted by Gasteiger charge is -2.33. The van der Waals surface area contributed by atoms with E-state index >= 15 is 0 Å². The third kappa shape index (κ3) is 4.46. The van der Waals surface area contributed by atoms with Gasteiger partial charge >= 0.3 is 0 Å². The lowest BCUT2D eigenvalue weighted by molar-refractivity contribution is -0.130. The number of hydrogen-bond acceptors (Lipinski definition) is 4. The van der Waals surface area contributed by atoms with Crippen molar-refractivity contribution >= 4 is 45.0 Å². The molecule has 27 heavy (non-hydrogen) atoms. The van der Waals surface area contributed by atoms with Crippen molar-refractivity contribution in [3.8, 4) is 5.75 Å². The molecule has 1 aliphatic rings. The fraction of sp³-hybridized carbons (Fsp3) is 0.211. The quantitative estimate of drug-likeness (QED) is 0.777. The molecule has 140 valence electrons. The maximum Gasteiger partial charge on any atom is 0.263 e. The largest absolute Gasteiger partial charge is 0.477 e. The number of benzene rings is 2. The Kier molecular flexibility index (Phi) is 5.75. The Balaban J connectivity index is 1.61. The van der Waals surface area contributed by atoms with Gasteiger partial charge in [-0.3, -0.25) is 14.4 Å². The predicted molar refractivity (Wildman–Crippen MR) is 105 cm³/mol. The molecule has 8 heteroatoms. The van der Waals surface area contributed by atoms with Gasteiger partial charge in [-0.25, -0.2) is 0 Å². The van der Waals surface area contributed by atoms with Crippen molar-refractivity contribution in [1.82, 2.24) is 5.32 Å². The smallest absolute Gasteiger partial charge is 0.263 e. The average molecular weight is 432 g/mol. The van der Waals surface area contributed by atoms with Crippen LogP contribution >= 0.6 is 15.9 Å². The fourth-order valence-corrected chi connectivity index (χ4v) is 3.09. The van der Waals surface area contributed by atoms with Gasteiger partial charge in [0.1, 0.15) is 5.75 Å². The summed E-state index contributed by atoms with van der Waals surface area (Å²) in [5.74, 6) is -0.556. The molecule has 0 spiro atoms. The van der Waals surface area contributed by atoms with Gasteiger partial charge in [-0.1, -0.05) is 24.3 Å². The highest BCUT2D eigenvalue weighted by Crippen LogP contribution is 2.33. The van der Waals surface area contributed by atoms with Crippen molar-refractivity contribution in [1.29, 1.82) is 0 Å². The molecule has 1 atom stereocenters. The Bertz CT molecular complexity index is 887. The van der Waals surface area contributed by atoms with Gasteiger partial charge in [0, 0.05) is 11.4 Å². The molecule has 2 aromatic rings. The first-order chi connectivity index (χ1) is 13.0. The minimum atomic E-state index is -0.889. The number of rotatable bonds is 4. The molecule has 0 aromatic heterocycles. The van der Waals surface area contributed by atoms with Crippen molar-refractivity contribution in [2.75, 3.05) is 23.3 Å². The topological polar surface area (TPSA) is 87.7 Å². The zero-order valence-electron chi connectivity index (χ0n) is 14.6. The summed E-state index contributed by atoms with van der Waals surface area (Å²) >= 11 is 3.34. The number of halogens is 1. The maximum absolute atomic E-state index is 12.4. The first kappa shape index (κ1) is 18.9. The molecule has 1 aliphatic heterocycles. The second kappa shape index (κ2) is 8.22. The normalized spacial score (nSPS) is 15.3. The van der Waals surface area contributed by atoms with Crippen LogP contribution in [0.25, 0.3) is 0 Å². The highest BCUT2D eigenvalue weighted by Gasteiger charge is 2.32. The Hall–Kier alpha value is -2.87. The van der Waals surface area contributed by atoms with E-state index in [1.165, 1.54) is 11.8 Å². The van der Waals surface area contributed by atoms with E-state index in [-0.39, 0.29) is 24.9 Å². The molecule has 0 aliphatic carbocycles. The molecule has 1 heterocycles. The number of ether oxygens (including phenoxy) is 1. The van der Waals surface area contributed by atoms with Crippen molar-refractivity contribution in [3.63, 3.8) is 0 Å². The van der Waals surface area contributed by atoms with Crippen LogP contribution in [0.2, 0.25) is 0 Å². The highest BCUT2D eigenvalue weighted by molar-refractivity contribution is 9.10. The summed E-state index contributed by atoms with van der Waals surface area (Å²) in [6, 6.07) is 14.2. The second-order valence-electron chi connectivity index (χ2n) is 5.95. The van der Waals surface area contributed by atoms with Gasteiger partial charge in [-0.2, -0.15) is 0 Å². The molecule has 1 unspecified atom stereocenters. The van der Waals surface area contributed by atoms with E-state index in [0.29, 0.717) is 17.1 Å². The zero-order valence-corrected chi connectivity index (χ0v) is 16.2. The number of anilines is 2. The van der Waals surface area contributed by atoms with E-state index < -0.39 is 12.0 Å². The third-order valence-electron chi connectivity index (χ3n) is 4.02. The highest BCUT2D eigenvalue weighted by atomic mass is 79.9. The molecule has 2 N–H and O–H groups in total. The van der Waals surface area contributed by atoms with Gasteiger partial charge in [0.15, 0.2) is 6.10 Å². The van der Waals surface area contributed by atoms with Crippen LogP contribution in [0.3, 0.4) is 0 Å². The predicted octanol–water partition coefficient (Wildman–Crippen LogP) is 2.32. The maximum atomic E-state index is 12.4. The first-order valence-corrected chi connectivity index (χ1v) is 9.11. The van der Waals surface area contributed by atoms with Crippen molar-refractivity contribution in [2.24, 2.45) is 0 Å². The van der Waals surface area contributed by atoms with Crippen LogP contribution in [0.4, 0.5) is 11.4 Å². The Morgan fingerprint density at radius 3 is 2.59 bits per heavy atom. The SMILES string of the molecule is CC(=O)N1CC(C(=O)NCC(=O)Nc2ccccc2Br)Oc2ccccc21. The number of para-hydroxylation sites is 3. The number of carbonyl (C=O) groups excluding carboxylic acids is 3. The molecule has 0 saturated heterocycles. The average Bonchev–Trinajstić information content (AvgIpc) is 2.67. The van der Waals surface area contributed by atoms with Crippen LogP contribution < -0.4 is 20.3 Å². The van der Waals surface area contributed by atoms with Crippen LogP contribution in [0.1, 0.15) is 6.92 Å². The van der Waals surface area contributed by atoms with E-state index in [9.17, 15) is 14.4 Å². The Morgan fingerprint density at radius 1 is 1.15 bits per heavy atom. The van der Waals surface area contributed by atoms with Crippen LogP contribution in [0, 0.1) is 0 Å². The number of fused-ring (bicyclic) bond motifs is 1. The van der Waals surface area contributed by atoms with Gasteiger partial charge in [0.2, 0.25) is 11.8 Å². The fourth-order valence-electron chi connectivity index (χ4n) is 2.71. The monoisotopic (exact) mass is 431 g/mol. The minimum absolute atomic E-state index is 0.0873. The number of hydrogen-bond donors (Lipinski definition) is 2. The van der Waals surface area contributed by atoms with Gasteiger partial charge in [0.05, 0.1) is 24.5 Å². The third-order valence-corrected chi connectivity index (χ3v) is 4.71. The van der Waals surface area contributed by atoms with Gasteiger partial charge in [-0.05, 0) is 40.2 Å². The molecule has 0 radical (unpaired) electrons. The van der Waals surface area contributed by atoms with E-state index in [2.05, 4.69) is 26.6 Å². The Labute approximate surface area is 164 Å². The van der Waals surface area contributed by atoms with E-state index in [1.54, 1.807) is 42.5 Å². The number of nitrogens with one attached hydrogen (secondary N) is 2. The lowest BCUT2D eigenvalue weighted by Crippen LogP contribution is -2.51. The van der Waals surface area contributed by atoms with Crippen molar-refractivity contribution in [3.05, 3.63) is 53.0 Å². The summed E-state index contributed by atoms with van der Waals surface area (Å²) in [6.45, 7) is 1.31. The van der Waals surface area contributed by atoms with E-state index in [4.69, 9.17) is 4.74 Å². The molecular weight excluding hydrogens is 414 g/mol. The minimum Gasteiger partial charge on any atom is -0.477 e. The number of nitrogens with zero attached hydrogens (tertiary/aromatic N) is 1. The van der Waals surface area contributed by atoms with Crippen molar-refractivity contribution in [2.45, 2.75) is 13.0 Å². The molecule has 3 amide bonds. The summed E-state index contributed by atoms with van der Waals surface area (Å²) in [6.07, 6.45) is -0.889. The van der Waals surface area contributed by atoms with Gasteiger partial charge in [-0.15, -0.1) is 0 Å². The molecule has 0 saturated carbocycles. The van der Waals surface area contributed by atoms with Crippen LogP contribution in [0.5, 0.6) is 5.75 Å². The molecule has 0 bridgehead atoms. The van der Waals surface area contributed by atoms with Crippen LogP contribution in [-0.4, -0.2) is 36.9 Å². The van der Waals surface area contributed by atoms with E-state index in [1.807, 2.05) is 6.07 Å². The summed E-state index contributed by atoms with van der Waals surface area (Å²) in [5.41, 5.74) is 1.24. The molecular formula is C19H18BrN3O4. The molecule has 3 rings (SSSR count). The summed E-state index contributed by atoms with van der Waals surface area (Å²) < 4.78 is 6.44. The van der Waals surface area contributed by atoms with E-state index in [0.717, 1.165) is 4.47 Å². The standard InChI is InChI=1S/C19H18BrN3O4/c1-12(24)23-11-17(27-16-9-5-4-8-15(16)23)19(26)21-10-18(25)22-14-7-3-2-6-13(14)20/h2-9,17H,10-11H2,1H3,(H,21,26)(H,22,25). The second-order valence-corrected chi connectivity index (χ2v) is 6.80. The van der Waals surface area contributed by atoms with Crippen LogP contribution in [-0.2, 0) is 14.4 Å². The number of carbonyl (C=O) groups is 3. The molecule has 7 nitrogen and oxygen atoms in total. The lowest BCUT2D eigenvalue weighted by atomic mass is 10.1. The Morgan fingerprint density at radius 2 is 1.85 bits per heavy atom. The first-order valence-electron chi connectivity index (χ1n) is 8.31.